The van der Waals surface area contributed by atoms with Crippen LogP contribution >= 0.6 is 0 Å². The first-order valence-corrected chi connectivity index (χ1v) is 8.55. The molecule has 0 aromatic rings. The molecule has 0 saturated carbocycles. The van der Waals surface area contributed by atoms with Crippen molar-refractivity contribution in [1.82, 2.24) is 16.0 Å². The van der Waals surface area contributed by atoms with Crippen molar-refractivity contribution >= 4 is 11.9 Å². The first-order chi connectivity index (χ1) is 11.1. The summed E-state index contributed by atoms with van der Waals surface area (Å²) >= 11 is 0. The van der Waals surface area contributed by atoms with Crippen molar-refractivity contribution in [3.8, 4) is 0 Å². The number of rotatable bonds is 10. The SMILES string of the molecule is CN=C(NCCCOCC1CCCO1)NCCC(=O)NC(C)C. The van der Waals surface area contributed by atoms with Gasteiger partial charge in [-0.3, -0.25) is 9.79 Å². The van der Waals surface area contributed by atoms with E-state index < -0.39 is 0 Å². The van der Waals surface area contributed by atoms with E-state index in [1.165, 1.54) is 0 Å². The van der Waals surface area contributed by atoms with Crippen LogP contribution in [0, 0.1) is 0 Å². The van der Waals surface area contributed by atoms with Crippen LogP contribution in [0.25, 0.3) is 0 Å². The highest BCUT2D eigenvalue weighted by Crippen LogP contribution is 2.11. The van der Waals surface area contributed by atoms with Crippen LogP contribution in [-0.4, -0.2) is 64.0 Å². The highest BCUT2D eigenvalue weighted by atomic mass is 16.5. The van der Waals surface area contributed by atoms with Crippen molar-refractivity contribution in [2.24, 2.45) is 4.99 Å². The van der Waals surface area contributed by atoms with Crippen LogP contribution in [0.1, 0.15) is 39.5 Å². The highest BCUT2D eigenvalue weighted by Gasteiger charge is 2.14. The second-order valence-corrected chi connectivity index (χ2v) is 5.96. The van der Waals surface area contributed by atoms with Crippen LogP contribution < -0.4 is 16.0 Å². The molecular weight excluding hydrogens is 296 g/mol. The van der Waals surface area contributed by atoms with E-state index >= 15 is 0 Å². The van der Waals surface area contributed by atoms with Gasteiger partial charge in [0.15, 0.2) is 5.96 Å². The van der Waals surface area contributed by atoms with Gasteiger partial charge in [0, 0.05) is 45.8 Å². The van der Waals surface area contributed by atoms with Crippen LogP contribution in [0.5, 0.6) is 0 Å². The van der Waals surface area contributed by atoms with Gasteiger partial charge >= 0.3 is 0 Å². The van der Waals surface area contributed by atoms with Crippen LogP contribution in [0.15, 0.2) is 4.99 Å². The molecule has 0 aromatic carbocycles. The summed E-state index contributed by atoms with van der Waals surface area (Å²) in [5, 5.41) is 9.19. The molecule has 23 heavy (non-hydrogen) atoms. The Labute approximate surface area is 139 Å². The van der Waals surface area contributed by atoms with Crippen molar-refractivity contribution < 1.29 is 14.3 Å². The number of nitrogens with zero attached hydrogens (tertiary/aromatic N) is 1. The van der Waals surface area contributed by atoms with Gasteiger partial charge in [-0.1, -0.05) is 0 Å². The first-order valence-electron chi connectivity index (χ1n) is 8.55. The fourth-order valence-electron chi connectivity index (χ4n) is 2.28. The summed E-state index contributed by atoms with van der Waals surface area (Å²) in [7, 11) is 1.72. The van der Waals surface area contributed by atoms with Crippen LogP contribution in [0.3, 0.4) is 0 Å². The van der Waals surface area contributed by atoms with E-state index in [1.54, 1.807) is 7.05 Å². The van der Waals surface area contributed by atoms with Crippen molar-refractivity contribution in [3.05, 3.63) is 0 Å². The van der Waals surface area contributed by atoms with Gasteiger partial charge in [-0.2, -0.15) is 0 Å². The van der Waals surface area contributed by atoms with E-state index in [-0.39, 0.29) is 18.1 Å². The molecule has 1 aliphatic heterocycles. The molecule has 0 aliphatic carbocycles. The lowest BCUT2D eigenvalue weighted by molar-refractivity contribution is -0.121. The third-order valence-corrected chi connectivity index (χ3v) is 3.40. The van der Waals surface area contributed by atoms with Gasteiger partial charge in [-0.05, 0) is 33.1 Å². The topological polar surface area (TPSA) is 84.0 Å². The molecule has 1 fully saturated rings. The Kier molecular flexibility index (Phi) is 10.4. The smallest absolute Gasteiger partial charge is 0.221 e. The van der Waals surface area contributed by atoms with E-state index in [2.05, 4.69) is 20.9 Å². The summed E-state index contributed by atoms with van der Waals surface area (Å²) in [6, 6.07) is 0.176. The van der Waals surface area contributed by atoms with Gasteiger partial charge in [0.1, 0.15) is 0 Å². The van der Waals surface area contributed by atoms with E-state index in [0.29, 0.717) is 32.1 Å². The summed E-state index contributed by atoms with van der Waals surface area (Å²) < 4.78 is 11.1. The summed E-state index contributed by atoms with van der Waals surface area (Å²) in [5.74, 6) is 0.756. The summed E-state index contributed by atoms with van der Waals surface area (Å²) in [6.07, 6.45) is 3.88. The van der Waals surface area contributed by atoms with Crippen LogP contribution in [0.2, 0.25) is 0 Å². The maximum absolute atomic E-state index is 11.5. The van der Waals surface area contributed by atoms with Gasteiger partial charge in [-0.15, -0.1) is 0 Å². The summed E-state index contributed by atoms with van der Waals surface area (Å²) in [4.78, 5) is 15.7. The van der Waals surface area contributed by atoms with E-state index in [0.717, 1.165) is 32.4 Å². The molecule has 1 heterocycles. The normalized spacial score (nSPS) is 18.3. The van der Waals surface area contributed by atoms with Gasteiger partial charge in [0.05, 0.1) is 12.7 Å². The molecule has 1 amide bonds. The lowest BCUT2D eigenvalue weighted by atomic mass is 10.2. The predicted octanol–water partition coefficient (Wildman–Crippen LogP) is 0.652. The number of ether oxygens (including phenoxy) is 2. The molecule has 1 saturated heterocycles. The largest absolute Gasteiger partial charge is 0.379 e. The summed E-state index contributed by atoms with van der Waals surface area (Å²) in [5.41, 5.74) is 0. The number of nitrogens with one attached hydrogen (secondary N) is 3. The van der Waals surface area contributed by atoms with Gasteiger partial charge in [0.2, 0.25) is 5.91 Å². The molecule has 1 atom stereocenters. The Morgan fingerprint density at radius 2 is 2.13 bits per heavy atom. The average molecular weight is 328 g/mol. The standard InChI is InChI=1S/C16H32N4O3/c1-13(2)20-15(21)7-9-19-16(17-3)18-8-5-10-22-12-14-6-4-11-23-14/h13-14H,4-12H2,1-3H3,(H,20,21)(H2,17,18,19). The maximum atomic E-state index is 11.5. The number of carbonyl (C=O) groups is 1. The molecule has 0 bridgehead atoms. The van der Waals surface area contributed by atoms with Crippen molar-refractivity contribution in [1.29, 1.82) is 0 Å². The Hall–Kier alpha value is -1.34. The van der Waals surface area contributed by atoms with Crippen molar-refractivity contribution in [3.63, 3.8) is 0 Å². The molecular formula is C16H32N4O3. The minimum atomic E-state index is 0.0467. The number of hydrogen-bond acceptors (Lipinski definition) is 4. The van der Waals surface area contributed by atoms with Crippen molar-refractivity contribution in [2.75, 3.05) is 40.0 Å². The molecule has 0 aromatic heterocycles. The zero-order chi connectivity index (χ0) is 16.9. The van der Waals surface area contributed by atoms with E-state index in [9.17, 15) is 4.79 Å². The zero-order valence-electron chi connectivity index (χ0n) is 14.7. The highest BCUT2D eigenvalue weighted by molar-refractivity contribution is 5.81. The zero-order valence-corrected chi connectivity index (χ0v) is 14.7. The minimum Gasteiger partial charge on any atom is -0.379 e. The monoisotopic (exact) mass is 328 g/mol. The number of guanidine groups is 1. The number of aliphatic imine (C=N–C) groups is 1. The van der Waals surface area contributed by atoms with Gasteiger partial charge in [-0.25, -0.2) is 0 Å². The third-order valence-electron chi connectivity index (χ3n) is 3.40. The van der Waals surface area contributed by atoms with Gasteiger partial charge in [0.25, 0.3) is 0 Å². The quantitative estimate of drug-likeness (QED) is 0.312. The van der Waals surface area contributed by atoms with E-state index in [1.807, 2.05) is 13.8 Å². The number of hydrogen-bond donors (Lipinski definition) is 3. The Bertz CT molecular complexity index is 355. The second-order valence-electron chi connectivity index (χ2n) is 5.96. The molecule has 1 aliphatic rings. The average Bonchev–Trinajstić information content (AvgIpc) is 3.01. The lowest BCUT2D eigenvalue weighted by Gasteiger charge is -2.13. The summed E-state index contributed by atoms with van der Waals surface area (Å²) in [6.45, 7) is 7.52. The molecule has 0 radical (unpaired) electrons. The predicted molar refractivity (Wildman–Crippen MR) is 91.7 cm³/mol. The molecule has 3 N–H and O–H groups in total. The Morgan fingerprint density at radius 1 is 1.35 bits per heavy atom. The van der Waals surface area contributed by atoms with Crippen LogP contribution in [-0.2, 0) is 14.3 Å². The minimum absolute atomic E-state index is 0.0467. The first kappa shape index (κ1) is 19.7. The van der Waals surface area contributed by atoms with Gasteiger partial charge < -0.3 is 25.4 Å². The third kappa shape index (κ3) is 10.1. The van der Waals surface area contributed by atoms with Crippen molar-refractivity contribution in [2.45, 2.75) is 51.7 Å². The molecule has 1 rings (SSSR count). The molecule has 7 heteroatoms. The Morgan fingerprint density at radius 3 is 2.78 bits per heavy atom. The van der Waals surface area contributed by atoms with Crippen LogP contribution in [0.4, 0.5) is 0 Å². The Balaban J connectivity index is 1.97. The fourth-order valence-corrected chi connectivity index (χ4v) is 2.28. The number of amides is 1. The molecule has 7 nitrogen and oxygen atoms in total. The second kappa shape index (κ2) is 12.1. The fraction of sp³-hybridized carbons (Fsp3) is 0.875. The molecule has 134 valence electrons. The lowest BCUT2D eigenvalue weighted by Crippen LogP contribution is -2.40. The molecule has 1 unspecified atom stereocenters. The van der Waals surface area contributed by atoms with E-state index in [4.69, 9.17) is 9.47 Å². The maximum Gasteiger partial charge on any atom is 0.221 e. The molecule has 0 spiro atoms. The number of carbonyl (C=O) groups excluding carboxylic acids is 1.